The van der Waals surface area contributed by atoms with Crippen LogP contribution in [0.5, 0.6) is 0 Å². The molecule has 1 saturated heterocycles. The van der Waals surface area contributed by atoms with Crippen LogP contribution in [0.4, 0.5) is 5.69 Å². The van der Waals surface area contributed by atoms with E-state index in [0.717, 1.165) is 10.0 Å². The number of piperazine rings is 1. The highest BCUT2D eigenvalue weighted by molar-refractivity contribution is 9.10. The third kappa shape index (κ3) is 5.79. The average Bonchev–Trinajstić information content (AvgIpc) is 2.71. The molecule has 0 saturated carbocycles. The second-order valence-corrected chi connectivity index (χ2v) is 10.4. The lowest BCUT2D eigenvalue weighted by atomic mass is 10.1. The van der Waals surface area contributed by atoms with E-state index in [-0.39, 0.29) is 11.7 Å². The first-order valence-electron chi connectivity index (χ1n) is 9.34. The molecule has 1 heterocycles. The van der Waals surface area contributed by atoms with Crippen LogP contribution in [0.15, 0.2) is 46.9 Å². The summed E-state index contributed by atoms with van der Waals surface area (Å²) in [4.78, 5) is 14.8. The van der Waals surface area contributed by atoms with E-state index in [4.69, 9.17) is 11.6 Å². The maximum atomic E-state index is 12.6. The molecule has 0 unspecified atom stereocenters. The summed E-state index contributed by atoms with van der Waals surface area (Å²) in [6, 6.07) is 12.7. The SMILES string of the molecule is CCS(=O)(=O)N1CCN(Cc2cccc(C(=O)Nc3ccc(Br)c(Cl)c3)c2)CC1. The third-order valence-electron chi connectivity index (χ3n) is 4.86. The molecule has 9 heteroatoms. The van der Waals surface area contributed by atoms with E-state index in [2.05, 4.69) is 26.1 Å². The van der Waals surface area contributed by atoms with E-state index in [9.17, 15) is 13.2 Å². The molecular formula is C20H23BrClN3O3S. The molecule has 1 aliphatic rings. The molecule has 1 amide bonds. The predicted molar refractivity (Wildman–Crippen MR) is 120 cm³/mol. The molecule has 156 valence electrons. The van der Waals surface area contributed by atoms with Crippen LogP contribution in [-0.2, 0) is 16.6 Å². The Balaban J connectivity index is 1.61. The Morgan fingerprint density at radius 2 is 1.86 bits per heavy atom. The molecule has 0 radical (unpaired) electrons. The van der Waals surface area contributed by atoms with Gasteiger partial charge < -0.3 is 5.32 Å². The van der Waals surface area contributed by atoms with Crippen molar-refractivity contribution in [1.82, 2.24) is 9.21 Å². The van der Waals surface area contributed by atoms with E-state index in [1.807, 2.05) is 18.2 Å². The number of anilines is 1. The Kier molecular flexibility index (Phi) is 7.34. The van der Waals surface area contributed by atoms with Crippen LogP contribution in [-0.4, -0.2) is 55.5 Å². The van der Waals surface area contributed by atoms with Gasteiger partial charge in [0.1, 0.15) is 0 Å². The van der Waals surface area contributed by atoms with Crippen LogP contribution >= 0.6 is 27.5 Å². The fourth-order valence-corrected chi connectivity index (χ4v) is 4.71. The number of sulfonamides is 1. The van der Waals surface area contributed by atoms with Gasteiger partial charge >= 0.3 is 0 Å². The zero-order valence-corrected chi connectivity index (χ0v) is 19.2. The van der Waals surface area contributed by atoms with Gasteiger partial charge in [-0.25, -0.2) is 8.42 Å². The first-order valence-corrected chi connectivity index (χ1v) is 12.1. The van der Waals surface area contributed by atoms with Crippen LogP contribution < -0.4 is 5.32 Å². The number of amides is 1. The average molecular weight is 501 g/mol. The van der Waals surface area contributed by atoms with Gasteiger partial charge in [-0.1, -0.05) is 23.7 Å². The highest BCUT2D eigenvalue weighted by Crippen LogP contribution is 2.26. The van der Waals surface area contributed by atoms with E-state index in [1.165, 1.54) is 0 Å². The van der Waals surface area contributed by atoms with Crippen LogP contribution in [0.25, 0.3) is 0 Å². The van der Waals surface area contributed by atoms with Crippen LogP contribution in [0.1, 0.15) is 22.8 Å². The molecule has 2 aromatic carbocycles. The van der Waals surface area contributed by atoms with Crippen molar-refractivity contribution in [2.75, 3.05) is 37.2 Å². The molecule has 1 aliphatic heterocycles. The zero-order chi connectivity index (χ0) is 21.0. The van der Waals surface area contributed by atoms with Crippen molar-refractivity contribution in [2.45, 2.75) is 13.5 Å². The van der Waals surface area contributed by atoms with Crippen molar-refractivity contribution in [3.8, 4) is 0 Å². The molecule has 0 spiro atoms. The minimum absolute atomic E-state index is 0.133. The highest BCUT2D eigenvalue weighted by atomic mass is 79.9. The van der Waals surface area contributed by atoms with E-state index < -0.39 is 10.0 Å². The minimum Gasteiger partial charge on any atom is -0.322 e. The number of hydrogen-bond donors (Lipinski definition) is 1. The van der Waals surface area contributed by atoms with Gasteiger partial charge in [0.2, 0.25) is 10.0 Å². The fraction of sp³-hybridized carbons (Fsp3) is 0.350. The van der Waals surface area contributed by atoms with Gasteiger partial charge in [-0.2, -0.15) is 4.31 Å². The van der Waals surface area contributed by atoms with Gasteiger partial charge in [0, 0.05) is 48.4 Å². The van der Waals surface area contributed by atoms with Gasteiger partial charge in [-0.05, 0) is 58.7 Å². The Morgan fingerprint density at radius 1 is 1.14 bits per heavy atom. The molecule has 6 nitrogen and oxygen atoms in total. The monoisotopic (exact) mass is 499 g/mol. The molecule has 1 N–H and O–H groups in total. The number of hydrogen-bond acceptors (Lipinski definition) is 4. The second kappa shape index (κ2) is 9.57. The maximum Gasteiger partial charge on any atom is 0.255 e. The van der Waals surface area contributed by atoms with Gasteiger partial charge in [0.05, 0.1) is 10.8 Å². The summed E-state index contributed by atoms with van der Waals surface area (Å²) in [5, 5.41) is 3.38. The van der Waals surface area contributed by atoms with E-state index >= 15 is 0 Å². The number of carbonyl (C=O) groups excluding carboxylic acids is 1. The molecule has 3 rings (SSSR count). The summed E-state index contributed by atoms with van der Waals surface area (Å²) in [6.45, 7) is 4.69. The first-order chi connectivity index (χ1) is 13.8. The number of carbonyl (C=O) groups is 1. The van der Waals surface area contributed by atoms with Crippen LogP contribution in [0.2, 0.25) is 5.02 Å². The lowest BCUT2D eigenvalue weighted by Gasteiger charge is -2.33. The molecule has 2 aromatic rings. The molecule has 0 aromatic heterocycles. The van der Waals surface area contributed by atoms with Crippen molar-refractivity contribution in [2.24, 2.45) is 0 Å². The summed E-state index contributed by atoms with van der Waals surface area (Å²) >= 11 is 9.41. The Hall–Kier alpha value is -1.45. The van der Waals surface area contributed by atoms with Gasteiger partial charge in [-0.15, -0.1) is 0 Å². The third-order valence-corrected chi connectivity index (χ3v) is 7.98. The lowest BCUT2D eigenvalue weighted by Crippen LogP contribution is -2.48. The number of benzene rings is 2. The normalized spacial score (nSPS) is 16.0. The topological polar surface area (TPSA) is 69.7 Å². The summed E-state index contributed by atoms with van der Waals surface area (Å²) in [5.74, 6) is -0.0719. The van der Waals surface area contributed by atoms with Crippen LogP contribution in [0, 0.1) is 0 Å². The van der Waals surface area contributed by atoms with Crippen molar-refractivity contribution >= 4 is 49.1 Å². The van der Waals surface area contributed by atoms with Gasteiger partial charge in [0.25, 0.3) is 5.91 Å². The molecule has 29 heavy (non-hydrogen) atoms. The standard InChI is InChI=1S/C20H23BrClN3O3S/c1-2-29(27,28)25-10-8-24(9-11-25)14-15-4-3-5-16(12-15)20(26)23-17-6-7-18(21)19(22)13-17/h3-7,12-13H,2,8-11,14H2,1H3,(H,23,26). The summed E-state index contributed by atoms with van der Waals surface area (Å²) in [5.41, 5.74) is 2.20. The van der Waals surface area contributed by atoms with E-state index in [0.29, 0.717) is 49.0 Å². The fourth-order valence-electron chi connectivity index (χ4n) is 3.19. The number of halogens is 2. The maximum absolute atomic E-state index is 12.6. The van der Waals surface area contributed by atoms with E-state index in [1.54, 1.807) is 35.5 Å². The van der Waals surface area contributed by atoms with Gasteiger partial charge in [0.15, 0.2) is 0 Å². The number of rotatable bonds is 6. The molecular weight excluding hydrogens is 478 g/mol. The summed E-state index contributed by atoms with van der Waals surface area (Å²) in [7, 11) is -3.13. The largest absolute Gasteiger partial charge is 0.322 e. The van der Waals surface area contributed by atoms with Crippen molar-refractivity contribution in [1.29, 1.82) is 0 Å². The Labute approximate surface area is 185 Å². The van der Waals surface area contributed by atoms with Gasteiger partial charge in [-0.3, -0.25) is 9.69 Å². The highest BCUT2D eigenvalue weighted by Gasteiger charge is 2.25. The molecule has 0 bridgehead atoms. The van der Waals surface area contributed by atoms with Crippen LogP contribution in [0.3, 0.4) is 0 Å². The molecule has 1 fully saturated rings. The smallest absolute Gasteiger partial charge is 0.255 e. The van der Waals surface area contributed by atoms with Crippen molar-refractivity contribution in [3.05, 3.63) is 63.1 Å². The number of nitrogens with zero attached hydrogens (tertiary/aromatic N) is 2. The Bertz CT molecular complexity index is 992. The van der Waals surface area contributed by atoms with Crippen molar-refractivity contribution in [3.63, 3.8) is 0 Å². The molecule has 0 atom stereocenters. The second-order valence-electron chi connectivity index (χ2n) is 6.86. The predicted octanol–water partition coefficient (Wildman–Crippen LogP) is 3.82. The lowest BCUT2D eigenvalue weighted by molar-refractivity contribution is 0.102. The Morgan fingerprint density at radius 3 is 2.52 bits per heavy atom. The summed E-state index contributed by atoms with van der Waals surface area (Å²) < 4.78 is 26.3. The molecule has 0 aliphatic carbocycles. The number of nitrogens with one attached hydrogen (secondary N) is 1. The first kappa shape index (κ1) is 22.2. The zero-order valence-electron chi connectivity index (χ0n) is 16.1. The summed E-state index contributed by atoms with van der Waals surface area (Å²) in [6.07, 6.45) is 0. The minimum atomic E-state index is -3.13. The van der Waals surface area contributed by atoms with Crippen molar-refractivity contribution < 1.29 is 13.2 Å². The quantitative estimate of drug-likeness (QED) is 0.655.